The van der Waals surface area contributed by atoms with E-state index in [1.807, 2.05) is 12.1 Å². The summed E-state index contributed by atoms with van der Waals surface area (Å²) in [5.41, 5.74) is 1.06. The van der Waals surface area contributed by atoms with Crippen molar-refractivity contribution >= 4 is 5.78 Å². The molecule has 1 fully saturated rings. The number of aromatic nitrogens is 1. The lowest BCUT2D eigenvalue weighted by molar-refractivity contribution is -0.120. The van der Waals surface area contributed by atoms with Gasteiger partial charge in [-0.1, -0.05) is 12.8 Å². The van der Waals surface area contributed by atoms with E-state index in [4.69, 9.17) is 0 Å². The smallest absolute Gasteiger partial charge is 0.154 e. The maximum Gasteiger partial charge on any atom is 0.154 e. The Morgan fingerprint density at radius 2 is 2.12 bits per heavy atom. The fraction of sp³-hybridized carbons (Fsp3) is 0.538. The Morgan fingerprint density at radius 1 is 1.31 bits per heavy atom. The molecule has 86 valence electrons. The predicted molar refractivity (Wildman–Crippen MR) is 63.2 cm³/mol. The van der Waals surface area contributed by atoms with Crippen molar-refractivity contribution in [2.75, 3.05) is 6.54 Å². The van der Waals surface area contributed by atoms with Gasteiger partial charge in [0.1, 0.15) is 0 Å². The predicted octanol–water partition coefficient (Wildman–Crippen LogP) is 1.73. The molecule has 1 saturated heterocycles. The third kappa shape index (κ3) is 3.14. The first kappa shape index (κ1) is 11.3. The molecule has 0 amide bonds. The van der Waals surface area contributed by atoms with Gasteiger partial charge in [0, 0.05) is 18.8 Å². The third-order valence-electron chi connectivity index (χ3n) is 3.08. The molecule has 1 aliphatic heterocycles. The van der Waals surface area contributed by atoms with Crippen molar-refractivity contribution in [3.05, 3.63) is 30.1 Å². The number of hydrogen-bond acceptors (Lipinski definition) is 3. The minimum Gasteiger partial charge on any atom is -0.307 e. The number of carbonyl (C=O) groups is 1. The van der Waals surface area contributed by atoms with Crippen molar-refractivity contribution in [3.8, 4) is 0 Å². The van der Waals surface area contributed by atoms with E-state index in [0.29, 0.717) is 12.2 Å². The third-order valence-corrected chi connectivity index (χ3v) is 3.08. The molecule has 1 aromatic heterocycles. The zero-order valence-electron chi connectivity index (χ0n) is 9.48. The standard InChI is InChI=1S/C13H18N2O/c16-13(10-11-5-8-14-9-6-11)12-4-2-1-3-7-15-12/h5-6,8-9,12,15H,1-4,7,10H2. The summed E-state index contributed by atoms with van der Waals surface area (Å²) in [6, 6.07) is 3.89. The molecule has 0 saturated carbocycles. The number of pyridine rings is 1. The van der Waals surface area contributed by atoms with Crippen molar-refractivity contribution in [1.82, 2.24) is 10.3 Å². The SMILES string of the molecule is O=C(Cc1ccncc1)C1CCCCCN1. The lowest BCUT2D eigenvalue weighted by Crippen LogP contribution is -2.36. The summed E-state index contributed by atoms with van der Waals surface area (Å²) >= 11 is 0. The highest BCUT2D eigenvalue weighted by Gasteiger charge is 2.19. The van der Waals surface area contributed by atoms with Gasteiger partial charge < -0.3 is 5.32 Å². The van der Waals surface area contributed by atoms with E-state index in [9.17, 15) is 4.79 Å². The zero-order chi connectivity index (χ0) is 11.2. The van der Waals surface area contributed by atoms with Crippen LogP contribution in [-0.2, 0) is 11.2 Å². The molecular weight excluding hydrogens is 200 g/mol. The van der Waals surface area contributed by atoms with Crippen molar-refractivity contribution in [2.24, 2.45) is 0 Å². The number of rotatable bonds is 3. The Morgan fingerprint density at radius 3 is 2.94 bits per heavy atom. The minimum absolute atomic E-state index is 0.0654. The highest BCUT2D eigenvalue weighted by atomic mass is 16.1. The first-order valence-corrected chi connectivity index (χ1v) is 6.01. The summed E-state index contributed by atoms with van der Waals surface area (Å²) in [6.45, 7) is 0.979. The van der Waals surface area contributed by atoms with Crippen molar-refractivity contribution in [1.29, 1.82) is 0 Å². The van der Waals surface area contributed by atoms with Gasteiger partial charge in [-0.05, 0) is 37.1 Å². The summed E-state index contributed by atoms with van der Waals surface area (Å²) in [5.74, 6) is 0.313. The second-order valence-corrected chi connectivity index (χ2v) is 4.35. The average molecular weight is 218 g/mol. The molecule has 0 aromatic carbocycles. The summed E-state index contributed by atoms with van der Waals surface area (Å²) < 4.78 is 0. The molecule has 3 heteroatoms. The van der Waals surface area contributed by atoms with E-state index in [1.165, 1.54) is 19.3 Å². The van der Waals surface area contributed by atoms with Crippen molar-refractivity contribution in [2.45, 2.75) is 38.1 Å². The first-order chi connectivity index (χ1) is 7.86. The second kappa shape index (κ2) is 5.75. The Labute approximate surface area is 96.3 Å². The highest BCUT2D eigenvalue weighted by Crippen LogP contribution is 2.11. The van der Waals surface area contributed by atoms with Crippen LogP contribution >= 0.6 is 0 Å². The summed E-state index contributed by atoms with van der Waals surface area (Å²) in [6.07, 6.45) is 8.60. The normalized spacial score (nSPS) is 21.4. The molecule has 0 aliphatic carbocycles. The summed E-state index contributed by atoms with van der Waals surface area (Å²) in [4.78, 5) is 16.0. The quantitative estimate of drug-likeness (QED) is 0.840. The van der Waals surface area contributed by atoms with Crippen molar-refractivity contribution in [3.63, 3.8) is 0 Å². The molecule has 16 heavy (non-hydrogen) atoms. The van der Waals surface area contributed by atoms with Crippen LogP contribution in [0.15, 0.2) is 24.5 Å². The van der Waals surface area contributed by atoms with Crippen LogP contribution in [0, 0.1) is 0 Å². The molecule has 3 nitrogen and oxygen atoms in total. The fourth-order valence-electron chi connectivity index (χ4n) is 2.13. The van der Waals surface area contributed by atoms with Crippen LogP contribution < -0.4 is 5.32 Å². The molecule has 0 bridgehead atoms. The summed E-state index contributed by atoms with van der Waals surface area (Å²) in [5, 5.41) is 3.34. The van der Waals surface area contributed by atoms with Gasteiger partial charge in [0.2, 0.25) is 0 Å². The van der Waals surface area contributed by atoms with Crippen LogP contribution in [-0.4, -0.2) is 23.4 Å². The van der Waals surface area contributed by atoms with Gasteiger partial charge >= 0.3 is 0 Å². The van der Waals surface area contributed by atoms with Gasteiger partial charge in [0.05, 0.1) is 6.04 Å². The number of nitrogens with zero attached hydrogens (tertiary/aromatic N) is 1. The molecular formula is C13H18N2O. The van der Waals surface area contributed by atoms with E-state index >= 15 is 0 Å². The fourth-order valence-corrected chi connectivity index (χ4v) is 2.13. The van der Waals surface area contributed by atoms with Gasteiger partial charge in [0.15, 0.2) is 5.78 Å². The molecule has 1 aliphatic rings. The minimum atomic E-state index is 0.0654. The molecule has 1 atom stereocenters. The molecule has 0 spiro atoms. The van der Waals surface area contributed by atoms with E-state index in [-0.39, 0.29) is 6.04 Å². The maximum atomic E-state index is 12.0. The largest absolute Gasteiger partial charge is 0.307 e. The van der Waals surface area contributed by atoms with Gasteiger partial charge in [-0.25, -0.2) is 0 Å². The van der Waals surface area contributed by atoms with Crippen LogP contribution in [0.1, 0.15) is 31.2 Å². The van der Waals surface area contributed by atoms with Crippen LogP contribution in [0.2, 0.25) is 0 Å². The average Bonchev–Trinajstić information content (AvgIpc) is 2.59. The Bertz CT molecular complexity index is 329. The van der Waals surface area contributed by atoms with Gasteiger partial charge in [0.25, 0.3) is 0 Å². The summed E-state index contributed by atoms with van der Waals surface area (Å²) in [7, 11) is 0. The number of Topliss-reactive ketones (excluding diaryl/α,β-unsaturated/α-hetero) is 1. The molecule has 1 aromatic rings. The van der Waals surface area contributed by atoms with E-state index in [0.717, 1.165) is 18.5 Å². The van der Waals surface area contributed by atoms with Crippen LogP contribution in [0.3, 0.4) is 0 Å². The van der Waals surface area contributed by atoms with E-state index in [2.05, 4.69) is 10.3 Å². The van der Waals surface area contributed by atoms with E-state index < -0.39 is 0 Å². The Balaban J connectivity index is 1.92. The molecule has 2 heterocycles. The molecule has 1 unspecified atom stereocenters. The Hall–Kier alpha value is -1.22. The first-order valence-electron chi connectivity index (χ1n) is 6.01. The van der Waals surface area contributed by atoms with Crippen LogP contribution in [0.4, 0.5) is 0 Å². The molecule has 2 rings (SSSR count). The number of hydrogen-bond donors (Lipinski definition) is 1. The van der Waals surface area contributed by atoms with Gasteiger partial charge in [-0.3, -0.25) is 9.78 Å². The Kier molecular flexibility index (Phi) is 4.05. The number of carbonyl (C=O) groups excluding carboxylic acids is 1. The van der Waals surface area contributed by atoms with Crippen LogP contribution in [0.25, 0.3) is 0 Å². The number of ketones is 1. The van der Waals surface area contributed by atoms with Crippen molar-refractivity contribution < 1.29 is 4.79 Å². The van der Waals surface area contributed by atoms with Gasteiger partial charge in [-0.2, -0.15) is 0 Å². The molecule has 1 N–H and O–H groups in total. The number of nitrogens with one attached hydrogen (secondary N) is 1. The van der Waals surface area contributed by atoms with E-state index in [1.54, 1.807) is 12.4 Å². The maximum absolute atomic E-state index is 12.0. The topological polar surface area (TPSA) is 42.0 Å². The highest BCUT2D eigenvalue weighted by molar-refractivity contribution is 5.86. The van der Waals surface area contributed by atoms with Crippen LogP contribution in [0.5, 0.6) is 0 Å². The second-order valence-electron chi connectivity index (χ2n) is 4.35. The zero-order valence-corrected chi connectivity index (χ0v) is 9.48. The monoisotopic (exact) mass is 218 g/mol. The lowest BCUT2D eigenvalue weighted by atomic mass is 10.0. The molecule has 0 radical (unpaired) electrons. The van der Waals surface area contributed by atoms with Gasteiger partial charge in [-0.15, -0.1) is 0 Å². The lowest BCUT2D eigenvalue weighted by Gasteiger charge is -2.14.